The van der Waals surface area contributed by atoms with Gasteiger partial charge in [-0.2, -0.15) is 11.3 Å². The summed E-state index contributed by atoms with van der Waals surface area (Å²) in [6.07, 6.45) is 3.66. The Morgan fingerprint density at radius 3 is 1.15 bits per heavy atom. The molecule has 9 nitrogen and oxygen atoms in total. The monoisotopic (exact) mass is 2040 g/mol. The molecule has 18 rings (SSSR count). The summed E-state index contributed by atoms with van der Waals surface area (Å²) in [6, 6.07) is 93.4. The van der Waals surface area contributed by atoms with Crippen LogP contribution in [0.4, 0.5) is 0 Å². The van der Waals surface area contributed by atoms with Gasteiger partial charge in [0.05, 0.1) is 50.2 Å². The van der Waals surface area contributed by atoms with Crippen molar-refractivity contribution in [3.8, 4) is 113 Å². The molecular formula is C114H114N6O3Pt2S. The molecule has 0 saturated carbocycles. The maximum atomic E-state index is 12.6. The van der Waals surface area contributed by atoms with Crippen LogP contribution < -0.4 is 0 Å². The van der Waals surface area contributed by atoms with E-state index in [-0.39, 0.29) is 114 Å². The van der Waals surface area contributed by atoms with Gasteiger partial charge in [-0.3, -0.25) is 19.1 Å². The normalized spacial score (nSPS) is 12.1. The summed E-state index contributed by atoms with van der Waals surface area (Å²) in [5, 5.41) is 29.6. The second-order valence-corrected chi connectivity index (χ2v) is 39.4. The fourth-order valence-corrected chi connectivity index (χ4v) is 18.7. The van der Waals surface area contributed by atoms with E-state index in [0.717, 1.165) is 139 Å². The van der Waals surface area contributed by atoms with Crippen molar-refractivity contribution >= 4 is 75.5 Å². The zero-order valence-corrected chi connectivity index (χ0v) is 81.9. The maximum Gasteiger partial charge on any atom is 2.00 e. The Labute approximate surface area is 778 Å². The molecule has 0 aliphatic carbocycles. The summed E-state index contributed by atoms with van der Waals surface area (Å²) < 4.78 is 13.7. The number of fused-ring (bicyclic) bond motifs is 8. The van der Waals surface area contributed by atoms with Gasteiger partial charge in [-0.05, 0) is 195 Å². The molecule has 0 unspecified atom stereocenters. The molecule has 0 bridgehead atoms. The van der Waals surface area contributed by atoms with Crippen molar-refractivity contribution in [1.29, 1.82) is 0 Å². The van der Waals surface area contributed by atoms with Crippen molar-refractivity contribution in [2.45, 2.75) is 184 Å². The molecule has 18 aromatic rings. The number of hydrogen-bond donors (Lipinski definition) is 2. The van der Waals surface area contributed by atoms with Gasteiger partial charge in [-0.15, -0.1) is 29.3 Å². The van der Waals surface area contributed by atoms with Crippen LogP contribution in [0, 0.1) is 27.0 Å². The molecule has 0 atom stereocenters. The van der Waals surface area contributed by atoms with E-state index in [0.29, 0.717) is 11.4 Å². The number of hydrogen-bond acceptors (Lipinski definition) is 8. The molecule has 0 fully saturated rings. The Bertz CT molecular complexity index is 6580. The van der Waals surface area contributed by atoms with Crippen LogP contribution in [0.1, 0.15) is 207 Å². The third-order valence-electron chi connectivity index (χ3n) is 24.1. The SMILES string of the molecule is CC(C)c1cc(-c2ccccc2)cc(C(C)C)c1-n1c(-c2cc(C(C)(C)C)cc(C(C)(C)C)c2O)nc2c(-c3[c-]c(-c4ccccn4)cc4oc5ccccc5c34)cccc21.CC(C)c1cc(-c2ccccc2)cc(C(C)C)c1-n1c(-c2cc(C(C)(C)C)cc(C(C)(C)C)c2O)nc2c(-c3[c-]c(-c4ccccn4)cc4sc5ccccc5c34)cccc21.[CH3-].[CH3-].[Pt+2].[Pt+2]. The Morgan fingerprint density at radius 2 is 0.746 bits per heavy atom. The van der Waals surface area contributed by atoms with E-state index in [2.05, 4.69) is 354 Å². The molecule has 0 spiro atoms. The Morgan fingerprint density at radius 1 is 0.357 bits per heavy atom. The van der Waals surface area contributed by atoms with Crippen LogP contribution in [0.15, 0.2) is 259 Å². The minimum Gasteiger partial charge on any atom is -0.507 e. The molecule has 2 N–H and O–H groups in total. The van der Waals surface area contributed by atoms with E-state index in [1.165, 1.54) is 59.3 Å². The van der Waals surface area contributed by atoms with E-state index in [1.54, 1.807) is 11.3 Å². The van der Waals surface area contributed by atoms with E-state index in [1.807, 2.05) is 60.9 Å². The number of phenols is 2. The average Bonchev–Trinajstić information content (AvgIpc) is 1.55. The number of aromatic hydroxyl groups is 2. The summed E-state index contributed by atoms with van der Waals surface area (Å²) in [5.74, 6) is 2.65. The standard InChI is InChI=1S/C56H54N3O2.C56H54N3OS.2CH3.2Pt/c2*1-33(2)41-27-36(35-19-12-11-13-20-35)28-42(34(3)4)52(41)59-47-24-18-22-39(51(47)58-54(59)44-31-38(55(5,6)7)32-45(53(44)60)56(8,9)10)43-29-37(46-23-16-17-26-57-46)30-49-50(43)40-21-14-15-25-48(40)61-49;;;;/h2*11-28,30-34,60H,1-10H3;2*1H3;;/q4*-1;2*+2. The molecule has 12 aromatic carbocycles. The van der Waals surface area contributed by atoms with Crippen molar-refractivity contribution in [3.63, 3.8) is 0 Å². The van der Waals surface area contributed by atoms with Crippen LogP contribution in [0.5, 0.6) is 11.5 Å². The zero-order chi connectivity index (χ0) is 85.9. The summed E-state index contributed by atoms with van der Waals surface area (Å²) in [4.78, 5) is 21.0. The molecular weight excluding hydrogens is 1920 g/mol. The van der Waals surface area contributed by atoms with E-state index < -0.39 is 0 Å². The first kappa shape index (κ1) is 92.5. The second kappa shape index (κ2) is 36.0. The predicted octanol–water partition coefficient (Wildman–Crippen LogP) is 32.0. The minimum absolute atomic E-state index is 0. The molecule has 0 amide bonds. The van der Waals surface area contributed by atoms with Crippen LogP contribution in [0.25, 0.3) is 165 Å². The zero-order valence-electron chi connectivity index (χ0n) is 76.6. The van der Waals surface area contributed by atoms with Gasteiger partial charge in [0.15, 0.2) is 0 Å². The number of pyridine rings is 2. The van der Waals surface area contributed by atoms with Gasteiger partial charge in [0.2, 0.25) is 0 Å². The summed E-state index contributed by atoms with van der Waals surface area (Å²) in [5.41, 5.74) is 28.8. The molecule has 6 aromatic heterocycles. The molecule has 126 heavy (non-hydrogen) atoms. The van der Waals surface area contributed by atoms with Gasteiger partial charge in [0, 0.05) is 39.6 Å². The van der Waals surface area contributed by atoms with Crippen LogP contribution >= 0.6 is 11.3 Å². The van der Waals surface area contributed by atoms with Gasteiger partial charge < -0.3 is 29.5 Å². The van der Waals surface area contributed by atoms with E-state index >= 15 is 0 Å². The maximum absolute atomic E-state index is 12.6. The van der Waals surface area contributed by atoms with Crippen molar-refractivity contribution in [2.24, 2.45) is 0 Å². The molecule has 0 aliphatic heterocycles. The van der Waals surface area contributed by atoms with Crippen molar-refractivity contribution in [1.82, 2.24) is 29.1 Å². The van der Waals surface area contributed by atoms with Gasteiger partial charge >= 0.3 is 42.1 Å². The number of aromatic nitrogens is 6. The molecule has 0 aliphatic rings. The van der Waals surface area contributed by atoms with Gasteiger partial charge in [0.25, 0.3) is 0 Å². The van der Waals surface area contributed by atoms with Crippen molar-refractivity contribution in [2.75, 3.05) is 0 Å². The third-order valence-corrected chi connectivity index (χ3v) is 25.3. The number of thiophene rings is 1. The van der Waals surface area contributed by atoms with Crippen molar-refractivity contribution in [3.05, 3.63) is 327 Å². The smallest absolute Gasteiger partial charge is 0.507 e. The fourth-order valence-electron chi connectivity index (χ4n) is 17.6. The number of phenolic OH excluding ortho intramolecular Hbond substituents is 2. The first-order valence-corrected chi connectivity index (χ1v) is 43.9. The molecule has 0 radical (unpaired) electrons. The quantitative estimate of drug-likeness (QED) is 0.104. The molecule has 12 heteroatoms. The number of benzene rings is 12. The van der Waals surface area contributed by atoms with Crippen LogP contribution in [0.3, 0.4) is 0 Å². The van der Waals surface area contributed by atoms with E-state index in [9.17, 15) is 10.2 Å². The topological polar surface area (TPSA) is 115 Å². The Hall–Kier alpha value is -11.1. The number of para-hydroxylation sites is 3. The average molecular weight is 2040 g/mol. The first-order valence-electron chi connectivity index (χ1n) is 43.1. The first-order chi connectivity index (χ1) is 58.2. The Balaban J connectivity index is 0.000000209. The van der Waals surface area contributed by atoms with Crippen LogP contribution in [0.2, 0.25) is 0 Å². The number of imidazole rings is 2. The van der Waals surface area contributed by atoms with Gasteiger partial charge in [0.1, 0.15) is 28.7 Å². The minimum atomic E-state index is -0.333. The number of furan rings is 1. The second-order valence-electron chi connectivity index (χ2n) is 38.3. The fraction of sp³-hybridized carbons (Fsp3) is 0.246. The van der Waals surface area contributed by atoms with Gasteiger partial charge in [-0.25, -0.2) is 9.97 Å². The summed E-state index contributed by atoms with van der Waals surface area (Å²) >= 11 is 1.80. The number of nitrogens with zero attached hydrogens (tertiary/aromatic N) is 6. The predicted molar refractivity (Wildman–Crippen MR) is 526 cm³/mol. The van der Waals surface area contributed by atoms with Gasteiger partial charge in [-0.1, -0.05) is 330 Å². The largest absolute Gasteiger partial charge is 2.00 e. The molecule has 644 valence electrons. The van der Waals surface area contributed by atoms with Crippen molar-refractivity contribution < 1.29 is 56.8 Å². The summed E-state index contributed by atoms with van der Waals surface area (Å²) in [7, 11) is 0. The molecule has 6 heterocycles. The van der Waals surface area contributed by atoms with E-state index in [4.69, 9.17) is 24.4 Å². The van der Waals surface area contributed by atoms with Crippen LogP contribution in [-0.2, 0) is 63.8 Å². The van der Waals surface area contributed by atoms with Crippen LogP contribution in [-0.4, -0.2) is 39.3 Å². The number of rotatable bonds is 14. The molecule has 0 saturated heterocycles. The third kappa shape index (κ3) is 17.2. The Kier molecular flexibility index (Phi) is 26.4. The summed E-state index contributed by atoms with van der Waals surface area (Å²) in [6.45, 7) is 44.7.